The normalized spacial score (nSPS) is 17.8. The van der Waals surface area contributed by atoms with Gasteiger partial charge in [0, 0.05) is 17.2 Å². The van der Waals surface area contributed by atoms with E-state index < -0.39 is 0 Å². The molecule has 1 aromatic rings. The van der Waals surface area contributed by atoms with Crippen molar-refractivity contribution in [2.45, 2.75) is 25.3 Å². The standard InChI is InChI=1S/C13H16BrNO3/c1-17-12-6-11(14)13(18-2)10-5-8(15-7-16)3-4-9(10)12/h6-8H,3-5H2,1-2H3,(H,15,16). The molecule has 4 nitrogen and oxygen atoms in total. The molecule has 1 atom stereocenters. The van der Waals surface area contributed by atoms with E-state index >= 15 is 0 Å². The quantitative estimate of drug-likeness (QED) is 0.866. The summed E-state index contributed by atoms with van der Waals surface area (Å²) in [4.78, 5) is 10.6. The predicted molar refractivity (Wildman–Crippen MR) is 72.3 cm³/mol. The van der Waals surface area contributed by atoms with Gasteiger partial charge in [-0.05, 0) is 41.3 Å². The lowest BCUT2D eigenvalue weighted by molar-refractivity contribution is -0.110. The van der Waals surface area contributed by atoms with Gasteiger partial charge in [-0.2, -0.15) is 0 Å². The van der Waals surface area contributed by atoms with Crippen LogP contribution in [0.3, 0.4) is 0 Å². The molecular formula is C13H16BrNO3. The highest BCUT2D eigenvalue weighted by molar-refractivity contribution is 9.10. The number of rotatable bonds is 4. The second kappa shape index (κ2) is 5.61. The third kappa shape index (κ3) is 2.32. The molecule has 0 heterocycles. The zero-order valence-electron chi connectivity index (χ0n) is 10.5. The van der Waals surface area contributed by atoms with Crippen LogP contribution in [0.1, 0.15) is 17.5 Å². The van der Waals surface area contributed by atoms with Crippen LogP contribution >= 0.6 is 15.9 Å². The van der Waals surface area contributed by atoms with Gasteiger partial charge in [0.05, 0.1) is 18.7 Å². The van der Waals surface area contributed by atoms with Crippen LogP contribution in [0.5, 0.6) is 11.5 Å². The Kier molecular flexibility index (Phi) is 4.11. The third-order valence-corrected chi connectivity index (χ3v) is 3.92. The zero-order valence-corrected chi connectivity index (χ0v) is 12.0. The molecule has 0 radical (unpaired) electrons. The van der Waals surface area contributed by atoms with Crippen molar-refractivity contribution in [1.29, 1.82) is 0 Å². The first-order valence-electron chi connectivity index (χ1n) is 5.83. The van der Waals surface area contributed by atoms with Crippen molar-refractivity contribution in [1.82, 2.24) is 5.32 Å². The van der Waals surface area contributed by atoms with Crippen LogP contribution in [0, 0.1) is 0 Å². The van der Waals surface area contributed by atoms with E-state index in [1.165, 1.54) is 5.56 Å². The molecule has 1 amide bonds. The number of nitrogens with one attached hydrogen (secondary N) is 1. The number of benzene rings is 1. The van der Waals surface area contributed by atoms with Crippen molar-refractivity contribution >= 4 is 22.3 Å². The minimum Gasteiger partial charge on any atom is -0.496 e. The Labute approximate surface area is 115 Å². The molecule has 1 aliphatic carbocycles. The Morgan fingerprint density at radius 3 is 2.78 bits per heavy atom. The zero-order chi connectivity index (χ0) is 13.1. The number of fused-ring (bicyclic) bond motifs is 1. The van der Waals surface area contributed by atoms with Crippen molar-refractivity contribution in [3.8, 4) is 11.5 Å². The minimum absolute atomic E-state index is 0.169. The van der Waals surface area contributed by atoms with Gasteiger partial charge in [-0.1, -0.05) is 0 Å². The molecule has 18 heavy (non-hydrogen) atoms. The fraction of sp³-hybridized carbons (Fsp3) is 0.462. The van der Waals surface area contributed by atoms with Crippen molar-refractivity contribution in [3.63, 3.8) is 0 Å². The van der Waals surface area contributed by atoms with E-state index in [2.05, 4.69) is 21.2 Å². The average molecular weight is 314 g/mol. The van der Waals surface area contributed by atoms with Crippen molar-refractivity contribution < 1.29 is 14.3 Å². The summed E-state index contributed by atoms with van der Waals surface area (Å²) in [5.74, 6) is 1.71. The molecule has 0 spiro atoms. The first kappa shape index (κ1) is 13.2. The van der Waals surface area contributed by atoms with Crippen LogP contribution in [-0.2, 0) is 17.6 Å². The summed E-state index contributed by atoms with van der Waals surface area (Å²) in [6, 6.07) is 2.11. The molecule has 5 heteroatoms. The summed E-state index contributed by atoms with van der Waals surface area (Å²) in [6.07, 6.45) is 3.34. The van der Waals surface area contributed by atoms with Gasteiger partial charge in [-0.25, -0.2) is 0 Å². The van der Waals surface area contributed by atoms with E-state index in [1.54, 1.807) is 14.2 Å². The Bertz CT molecular complexity index is 462. The summed E-state index contributed by atoms with van der Waals surface area (Å²) in [5.41, 5.74) is 2.30. The molecule has 1 N–H and O–H groups in total. The Morgan fingerprint density at radius 1 is 1.39 bits per heavy atom. The number of amides is 1. The van der Waals surface area contributed by atoms with Crippen LogP contribution in [0.2, 0.25) is 0 Å². The number of ether oxygens (including phenoxy) is 2. The highest BCUT2D eigenvalue weighted by atomic mass is 79.9. The number of carbonyl (C=O) groups is 1. The summed E-state index contributed by atoms with van der Waals surface area (Å²) < 4.78 is 11.7. The summed E-state index contributed by atoms with van der Waals surface area (Å²) in [5, 5.41) is 2.84. The molecule has 1 aromatic carbocycles. The van der Waals surface area contributed by atoms with E-state index in [0.717, 1.165) is 47.2 Å². The Hall–Kier alpha value is -1.23. The molecule has 1 unspecified atom stereocenters. The molecule has 0 saturated heterocycles. The lowest BCUT2D eigenvalue weighted by Crippen LogP contribution is -2.33. The number of methoxy groups -OCH3 is 2. The maximum Gasteiger partial charge on any atom is 0.207 e. The van der Waals surface area contributed by atoms with Crippen LogP contribution < -0.4 is 14.8 Å². The molecule has 0 fully saturated rings. The average Bonchev–Trinajstić information content (AvgIpc) is 2.38. The van der Waals surface area contributed by atoms with Crippen LogP contribution in [-0.4, -0.2) is 26.7 Å². The molecule has 2 rings (SSSR count). The monoisotopic (exact) mass is 313 g/mol. The predicted octanol–water partition coefficient (Wildman–Crippen LogP) is 2.07. The maximum absolute atomic E-state index is 10.6. The fourth-order valence-corrected chi connectivity index (χ4v) is 3.11. The van der Waals surface area contributed by atoms with Gasteiger partial charge in [-0.3, -0.25) is 4.79 Å². The molecular weight excluding hydrogens is 298 g/mol. The fourth-order valence-electron chi connectivity index (χ4n) is 2.50. The molecule has 0 aromatic heterocycles. The number of carbonyl (C=O) groups excluding carboxylic acids is 1. The summed E-state index contributed by atoms with van der Waals surface area (Å²) in [7, 11) is 3.33. The summed E-state index contributed by atoms with van der Waals surface area (Å²) >= 11 is 3.49. The smallest absolute Gasteiger partial charge is 0.207 e. The SMILES string of the molecule is COc1cc(Br)c(OC)c2c1CCC(NC=O)C2. The van der Waals surface area contributed by atoms with Crippen LogP contribution in [0.15, 0.2) is 10.5 Å². The van der Waals surface area contributed by atoms with Gasteiger partial charge in [-0.15, -0.1) is 0 Å². The second-order valence-electron chi connectivity index (χ2n) is 4.28. The molecule has 0 aliphatic heterocycles. The molecule has 98 valence electrons. The highest BCUT2D eigenvalue weighted by Crippen LogP contribution is 2.41. The van der Waals surface area contributed by atoms with Gasteiger partial charge in [0.2, 0.25) is 6.41 Å². The first-order chi connectivity index (χ1) is 8.71. The summed E-state index contributed by atoms with van der Waals surface area (Å²) in [6.45, 7) is 0. The van der Waals surface area contributed by atoms with Gasteiger partial charge < -0.3 is 14.8 Å². The van der Waals surface area contributed by atoms with Gasteiger partial charge in [0.25, 0.3) is 0 Å². The molecule has 0 bridgehead atoms. The van der Waals surface area contributed by atoms with Crippen molar-refractivity contribution in [2.75, 3.05) is 14.2 Å². The minimum atomic E-state index is 0.169. The number of hydrogen-bond donors (Lipinski definition) is 1. The lowest BCUT2D eigenvalue weighted by atomic mass is 9.87. The van der Waals surface area contributed by atoms with Crippen LogP contribution in [0.4, 0.5) is 0 Å². The van der Waals surface area contributed by atoms with Gasteiger partial charge in [0.15, 0.2) is 0 Å². The molecule has 1 aliphatic rings. The molecule has 0 saturated carbocycles. The Morgan fingerprint density at radius 2 is 2.17 bits per heavy atom. The largest absolute Gasteiger partial charge is 0.496 e. The van der Waals surface area contributed by atoms with E-state index in [0.29, 0.717) is 0 Å². The number of hydrogen-bond acceptors (Lipinski definition) is 3. The van der Waals surface area contributed by atoms with Crippen molar-refractivity contribution in [3.05, 3.63) is 21.7 Å². The number of halogens is 1. The third-order valence-electron chi connectivity index (χ3n) is 3.33. The Balaban J connectivity index is 2.45. The first-order valence-corrected chi connectivity index (χ1v) is 6.62. The second-order valence-corrected chi connectivity index (χ2v) is 5.13. The lowest BCUT2D eigenvalue weighted by Gasteiger charge is -2.27. The van der Waals surface area contributed by atoms with Gasteiger partial charge >= 0.3 is 0 Å². The van der Waals surface area contributed by atoms with Crippen LogP contribution in [0.25, 0.3) is 0 Å². The van der Waals surface area contributed by atoms with E-state index in [4.69, 9.17) is 9.47 Å². The van der Waals surface area contributed by atoms with E-state index in [-0.39, 0.29) is 6.04 Å². The van der Waals surface area contributed by atoms with E-state index in [1.807, 2.05) is 6.07 Å². The topological polar surface area (TPSA) is 47.6 Å². The van der Waals surface area contributed by atoms with E-state index in [9.17, 15) is 4.79 Å². The van der Waals surface area contributed by atoms with Gasteiger partial charge in [0.1, 0.15) is 11.5 Å². The highest BCUT2D eigenvalue weighted by Gasteiger charge is 2.26. The maximum atomic E-state index is 10.6. The van der Waals surface area contributed by atoms with Crippen molar-refractivity contribution in [2.24, 2.45) is 0 Å².